The van der Waals surface area contributed by atoms with Crippen LogP contribution in [-0.2, 0) is 6.54 Å². The Bertz CT molecular complexity index is 480. The van der Waals surface area contributed by atoms with E-state index >= 15 is 0 Å². The van der Waals surface area contributed by atoms with Crippen molar-refractivity contribution in [2.75, 3.05) is 13.1 Å². The van der Waals surface area contributed by atoms with Crippen molar-refractivity contribution in [2.45, 2.75) is 57.7 Å². The van der Waals surface area contributed by atoms with Crippen LogP contribution < -0.4 is 5.32 Å². The first-order valence-electron chi connectivity index (χ1n) is 8.40. The normalized spacial score (nSPS) is 26.0. The number of hydrogen-bond acceptors (Lipinski definition) is 2. The lowest BCUT2D eigenvalue weighted by Crippen LogP contribution is -2.64. The Balaban J connectivity index is 1.80. The van der Waals surface area contributed by atoms with Crippen molar-refractivity contribution < 1.29 is 4.39 Å². The van der Waals surface area contributed by atoms with E-state index in [-0.39, 0.29) is 11.4 Å². The Kier molecular flexibility index (Phi) is 4.32. The summed E-state index contributed by atoms with van der Waals surface area (Å²) in [7, 11) is 0. The molecule has 116 valence electrons. The molecule has 0 spiro atoms. The number of rotatable bonds is 5. The third-order valence-electron chi connectivity index (χ3n) is 5.61. The molecule has 1 saturated heterocycles. The lowest BCUT2D eigenvalue weighted by Gasteiger charge is -2.50. The standard InChI is InChI=1S/C18H27FN2/c1-3-18(4-2)13-20-17(14-9-10-14)12-21(18)11-15-7-5-6-8-16(15)19/h5-8,14,17,20H,3-4,9-13H2,1-2H3. The number of hydrogen-bond donors (Lipinski definition) is 1. The minimum Gasteiger partial charge on any atom is -0.311 e. The Hall–Kier alpha value is -0.930. The van der Waals surface area contributed by atoms with Crippen LogP contribution >= 0.6 is 0 Å². The number of nitrogens with one attached hydrogen (secondary N) is 1. The molecule has 1 atom stereocenters. The van der Waals surface area contributed by atoms with Gasteiger partial charge in [-0.25, -0.2) is 4.39 Å². The van der Waals surface area contributed by atoms with Gasteiger partial charge in [0.05, 0.1) is 0 Å². The highest BCUT2D eigenvalue weighted by molar-refractivity contribution is 5.18. The van der Waals surface area contributed by atoms with E-state index in [9.17, 15) is 4.39 Å². The third-order valence-corrected chi connectivity index (χ3v) is 5.61. The predicted octanol–water partition coefficient (Wildman–Crippen LogP) is 3.57. The molecule has 2 fully saturated rings. The SMILES string of the molecule is CCC1(CC)CNC(C2CC2)CN1Cc1ccccc1F. The molecular weight excluding hydrogens is 263 g/mol. The molecule has 1 aliphatic heterocycles. The van der Waals surface area contributed by atoms with Crippen molar-refractivity contribution in [3.63, 3.8) is 0 Å². The second kappa shape index (κ2) is 6.05. The first-order chi connectivity index (χ1) is 10.2. The van der Waals surface area contributed by atoms with Gasteiger partial charge in [0, 0.05) is 36.8 Å². The highest BCUT2D eigenvalue weighted by Gasteiger charge is 2.43. The molecule has 1 aromatic rings. The van der Waals surface area contributed by atoms with Crippen LogP contribution in [-0.4, -0.2) is 29.6 Å². The van der Waals surface area contributed by atoms with Crippen LogP contribution in [0.15, 0.2) is 24.3 Å². The van der Waals surface area contributed by atoms with Crippen molar-refractivity contribution in [3.8, 4) is 0 Å². The zero-order valence-electron chi connectivity index (χ0n) is 13.2. The molecule has 0 bridgehead atoms. The van der Waals surface area contributed by atoms with Crippen molar-refractivity contribution >= 4 is 0 Å². The smallest absolute Gasteiger partial charge is 0.127 e. The molecule has 1 heterocycles. The summed E-state index contributed by atoms with van der Waals surface area (Å²) < 4.78 is 14.0. The quantitative estimate of drug-likeness (QED) is 0.892. The van der Waals surface area contributed by atoms with E-state index in [1.165, 1.54) is 12.8 Å². The van der Waals surface area contributed by atoms with Crippen molar-refractivity contribution in [3.05, 3.63) is 35.6 Å². The van der Waals surface area contributed by atoms with Crippen molar-refractivity contribution in [2.24, 2.45) is 5.92 Å². The minimum absolute atomic E-state index is 0.0693. The van der Waals surface area contributed by atoms with Gasteiger partial charge in [0.2, 0.25) is 0 Å². The van der Waals surface area contributed by atoms with Crippen molar-refractivity contribution in [1.82, 2.24) is 10.2 Å². The highest BCUT2D eigenvalue weighted by Crippen LogP contribution is 2.38. The summed E-state index contributed by atoms with van der Waals surface area (Å²) in [4.78, 5) is 2.55. The second-order valence-corrected chi connectivity index (χ2v) is 6.73. The molecule has 2 aliphatic rings. The predicted molar refractivity (Wildman–Crippen MR) is 84.6 cm³/mol. The van der Waals surface area contributed by atoms with Crippen LogP contribution in [0.25, 0.3) is 0 Å². The van der Waals surface area contributed by atoms with Crippen LogP contribution in [0, 0.1) is 11.7 Å². The Labute approximate surface area is 127 Å². The van der Waals surface area contributed by atoms with Gasteiger partial charge in [-0.05, 0) is 37.7 Å². The maximum atomic E-state index is 14.0. The third kappa shape index (κ3) is 3.00. The molecule has 0 radical (unpaired) electrons. The summed E-state index contributed by atoms with van der Waals surface area (Å²) in [5, 5.41) is 3.77. The molecule has 0 amide bonds. The molecule has 1 unspecified atom stereocenters. The maximum Gasteiger partial charge on any atom is 0.127 e. The van der Waals surface area contributed by atoms with Crippen LogP contribution in [0.3, 0.4) is 0 Å². The summed E-state index contributed by atoms with van der Waals surface area (Å²) in [6.07, 6.45) is 4.94. The van der Waals surface area contributed by atoms with Crippen molar-refractivity contribution in [1.29, 1.82) is 0 Å². The molecule has 21 heavy (non-hydrogen) atoms. The van der Waals surface area contributed by atoms with Gasteiger partial charge >= 0.3 is 0 Å². The van der Waals surface area contributed by atoms with Gasteiger partial charge in [0.1, 0.15) is 5.82 Å². The van der Waals surface area contributed by atoms with Gasteiger partial charge in [0.15, 0.2) is 0 Å². The van der Waals surface area contributed by atoms with E-state index in [0.29, 0.717) is 6.04 Å². The van der Waals surface area contributed by atoms with Crippen LogP contribution in [0.2, 0.25) is 0 Å². The summed E-state index contributed by atoms with van der Waals surface area (Å²) >= 11 is 0. The van der Waals surface area contributed by atoms with Crippen LogP contribution in [0.5, 0.6) is 0 Å². The van der Waals surface area contributed by atoms with Gasteiger partial charge in [0.25, 0.3) is 0 Å². The Morgan fingerprint density at radius 1 is 1.24 bits per heavy atom. The lowest BCUT2D eigenvalue weighted by atomic mass is 9.86. The highest BCUT2D eigenvalue weighted by atomic mass is 19.1. The number of halogens is 1. The zero-order valence-corrected chi connectivity index (χ0v) is 13.2. The summed E-state index contributed by atoms with van der Waals surface area (Å²) in [6.45, 7) is 7.35. The molecule has 1 saturated carbocycles. The van der Waals surface area contributed by atoms with E-state index in [0.717, 1.165) is 44.0 Å². The number of benzene rings is 1. The van der Waals surface area contributed by atoms with E-state index in [4.69, 9.17) is 0 Å². The zero-order chi connectivity index (χ0) is 14.9. The molecular formula is C18H27FN2. The van der Waals surface area contributed by atoms with E-state index in [1.807, 2.05) is 12.1 Å². The molecule has 1 N–H and O–H groups in total. The van der Waals surface area contributed by atoms with E-state index in [1.54, 1.807) is 12.1 Å². The van der Waals surface area contributed by atoms with Crippen LogP contribution in [0.1, 0.15) is 45.1 Å². The fourth-order valence-electron chi connectivity index (χ4n) is 3.75. The minimum atomic E-state index is -0.0693. The fourth-order valence-corrected chi connectivity index (χ4v) is 3.75. The molecule has 0 aromatic heterocycles. The molecule has 3 heteroatoms. The van der Waals surface area contributed by atoms with Gasteiger partial charge in [-0.3, -0.25) is 4.90 Å². The second-order valence-electron chi connectivity index (χ2n) is 6.73. The monoisotopic (exact) mass is 290 g/mol. The first-order valence-corrected chi connectivity index (χ1v) is 8.40. The topological polar surface area (TPSA) is 15.3 Å². The summed E-state index contributed by atoms with van der Waals surface area (Å²) in [6, 6.07) is 7.83. The average Bonchev–Trinajstić information content (AvgIpc) is 3.34. The average molecular weight is 290 g/mol. The number of piperazine rings is 1. The van der Waals surface area contributed by atoms with E-state index in [2.05, 4.69) is 24.1 Å². The number of nitrogens with zero attached hydrogens (tertiary/aromatic N) is 1. The molecule has 1 aliphatic carbocycles. The van der Waals surface area contributed by atoms with Gasteiger partial charge in [-0.1, -0.05) is 32.0 Å². The Morgan fingerprint density at radius 2 is 1.95 bits per heavy atom. The molecule has 2 nitrogen and oxygen atoms in total. The Morgan fingerprint density at radius 3 is 2.57 bits per heavy atom. The van der Waals surface area contributed by atoms with Gasteiger partial charge < -0.3 is 5.32 Å². The molecule has 1 aromatic carbocycles. The largest absolute Gasteiger partial charge is 0.311 e. The summed E-state index contributed by atoms with van der Waals surface area (Å²) in [5.41, 5.74) is 1.01. The van der Waals surface area contributed by atoms with Crippen LogP contribution in [0.4, 0.5) is 4.39 Å². The first kappa shape index (κ1) is 15.0. The summed E-state index contributed by atoms with van der Waals surface area (Å²) in [5.74, 6) is 0.778. The maximum absolute atomic E-state index is 14.0. The van der Waals surface area contributed by atoms with Gasteiger partial charge in [-0.15, -0.1) is 0 Å². The molecule has 3 rings (SSSR count). The fraction of sp³-hybridized carbons (Fsp3) is 0.667. The van der Waals surface area contributed by atoms with Gasteiger partial charge in [-0.2, -0.15) is 0 Å². The lowest BCUT2D eigenvalue weighted by molar-refractivity contribution is 0.0195. The van der Waals surface area contributed by atoms with E-state index < -0.39 is 0 Å².